The van der Waals surface area contributed by atoms with Crippen molar-refractivity contribution in [1.29, 1.82) is 0 Å². The standard InChI is InChI=1S/C25H48O5/c1-2-3-4-5-6-7-8-9-10-11-12-13-14-15-16-17-18-19-29-25-23(28)21-30-24(25)22(27)20-26/h6-7,22-28H,2-5,8-21H2,1H3/b7-6+/t22-,23+,24-,25-/m0/s1. The molecule has 0 unspecified atom stereocenters. The molecule has 0 amide bonds. The molecule has 1 saturated heterocycles. The maximum Gasteiger partial charge on any atom is 0.114 e. The van der Waals surface area contributed by atoms with Crippen molar-refractivity contribution in [1.82, 2.24) is 0 Å². The van der Waals surface area contributed by atoms with Crippen molar-refractivity contribution >= 4 is 0 Å². The van der Waals surface area contributed by atoms with Gasteiger partial charge in [0.2, 0.25) is 0 Å². The van der Waals surface area contributed by atoms with Crippen molar-refractivity contribution in [2.24, 2.45) is 0 Å². The molecule has 1 aliphatic heterocycles. The van der Waals surface area contributed by atoms with Gasteiger partial charge < -0.3 is 24.8 Å². The van der Waals surface area contributed by atoms with E-state index in [9.17, 15) is 10.2 Å². The van der Waals surface area contributed by atoms with Crippen LogP contribution in [0.1, 0.15) is 103 Å². The Morgan fingerprint density at radius 3 is 1.97 bits per heavy atom. The third kappa shape index (κ3) is 13.1. The number of hydrogen-bond acceptors (Lipinski definition) is 5. The highest BCUT2D eigenvalue weighted by atomic mass is 16.6. The first-order valence-electron chi connectivity index (χ1n) is 12.6. The minimum atomic E-state index is -1.00. The summed E-state index contributed by atoms with van der Waals surface area (Å²) in [4.78, 5) is 0. The van der Waals surface area contributed by atoms with E-state index in [0.717, 1.165) is 12.8 Å². The van der Waals surface area contributed by atoms with Crippen LogP contribution in [0.4, 0.5) is 0 Å². The molecule has 0 spiro atoms. The Kier molecular flexibility index (Phi) is 17.7. The van der Waals surface area contributed by atoms with Gasteiger partial charge >= 0.3 is 0 Å². The third-order valence-electron chi connectivity index (χ3n) is 5.95. The molecule has 4 atom stereocenters. The number of allylic oxidation sites excluding steroid dienone is 2. The van der Waals surface area contributed by atoms with E-state index in [-0.39, 0.29) is 13.2 Å². The molecule has 1 heterocycles. The van der Waals surface area contributed by atoms with Crippen LogP contribution in [0.2, 0.25) is 0 Å². The second-order valence-electron chi connectivity index (χ2n) is 8.74. The number of aliphatic hydroxyl groups is 3. The minimum absolute atomic E-state index is 0.155. The first kappa shape index (κ1) is 27.6. The second kappa shape index (κ2) is 19.2. The molecule has 0 bridgehead atoms. The van der Waals surface area contributed by atoms with Crippen molar-refractivity contribution in [3.05, 3.63) is 12.2 Å². The smallest absolute Gasteiger partial charge is 0.114 e. The largest absolute Gasteiger partial charge is 0.394 e. The van der Waals surface area contributed by atoms with E-state index in [0.29, 0.717) is 6.61 Å². The zero-order chi connectivity index (χ0) is 21.9. The number of ether oxygens (including phenoxy) is 2. The average Bonchev–Trinajstić information content (AvgIpc) is 3.12. The topological polar surface area (TPSA) is 79.2 Å². The lowest BCUT2D eigenvalue weighted by Gasteiger charge is -2.23. The Morgan fingerprint density at radius 2 is 1.40 bits per heavy atom. The highest BCUT2D eigenvalue weighted by Gasteiger charge is 2.40. The summed E-state index contributed by atoms with van der Waals surface area (Å²) < 4.78 is 11.1. The van der Waals surface area contributed by atoms with Crippen molar-refractivity contribution in [2.75, 3.05) is 19.8 Å². The molecule has 0 aliphatic carbocycles. The first-order valence-corrected chi connectivity index (χ1v) is 12.6. The first-order chi connectivity index (χ1) is 14.7. The maximum absolute atomic E-state index is 9.90. The Bertz CT molecular complexity index is 401. The summed E-state index contributed by atoms with van der Waals surface area (Å²) in [6, 6.07) is 0. The summed E-state index contributed by atoms with van der Waals surface area (Å²) in [6.45, 7) is 2.59. The van der Waals surface area contributed by atoms with Crippen LogP contribution in [0.15, 0.2) is 12.2 Å². The molecule has 1 fully saturated rings. The molecule has 0 aromatic rings. The lowest BCUT2D eigenvalue weighted by Crippen LogP contribution is -2.42. The van der Waals surface area contributed by atoms with Gasteiger partial charge in [-0.1, -0.05) is 83.3 Å². The van der Waals surface area contributed by atoms with E-state index in [1.54, 1.807) is 0 Å². The van der Waals surface area contributed by atoms with Crippen LogP contribution in [-0.4, -0.2) is 59.6 Å². The maximum atomic E-state index is 9.90. The van der Waals surface area contributed by atoms with E-state index < -0.39 is 24.4 Å². The predicted octanol–water partition coefficient (Wildman–Crippen LogP) is 4.91. The van der Waals surface area contributed by atoms with Gasteiger partial charge in [-0.25, -0.2) is 0 Å². The van der Waals surface area contributed by atoms with Gasteiger partial charge in [0, 0.05) is 6.61 Å². The molecular weight excluding hydrogens is 380 g/mol. The summed E-state index contributed by atoms with van der Waals surface area (Å²) in [7, 11) is 0. The van der Waals surface area contributed by atoms with Crippen LogP contribution in [0.5, 0.6) is 0 Å². The van der Waals surface area contributed by atoms with E-state index in [1.807, 2.05) is 0 Å². The van der Waals surface area contributed by atoms with E-state index in [4.69, 9.17) is 14.6 Å². The summed E-state index contributed by atoms with van der Waals surface area (Å²) in [6.07, 6.45) is 21.0. The van der Waals surface area contributed by atoms with Crippen molar-refractivity contribution in [3.8, 4) is 0 Å². The van der Waals surface area contributed by atoms with Gasteiger partial charge in [-0.2, -0.15) is 0 Å². The zero-order valence-electron chi connectivity index (χ0n) is 19.4. The number of aliphatic hydroxyl groups excluding tert-OH is 3. The molecule has 5 heteroatoms. The van der Waals surface area contributed by atoms with Gasteiger partial charge in [0.1, 0.15) is 24.4 Å². The third-order valence-corrected chi connectivity index (χ3v) is 5.95. The molecular formula is C25H48O5. The number of hydrogen-bond donors (Lipinski definition) is 3. The Balaban J connectivity index is 1.83. The fraction of sp³-hybridized carbons (Fsp3) is 0.920. The molecule has 1 rings (SSSR count). The van der Waals surface area contributed by atoms with Gasteiger partial charge in [0.15, 0.2) is 0 Å². The quantitative estimate of drug-likeness (QED) is 0.190. The fourth-order valence-corrected chi connectivity index (χ4v) is 4.00. The van der Waals surface area contributed by atoms with Gasteiger partial charge in [-0.3, -0.25) is 0 Å². The molecule has 0 aromatic heterocycles. The van der Waals surface area contributed by atoms with E-state index in [2.05, 4.69) is 19.1 Å². The molecule has 3 N–H and O–H groups in total. The highest BCUT2D eigenvalue weighted by Crippen LogP contribution is 2.21. The summed E-state index contributed by atoms with van der Waals surface area (Å²) >= 11 is 0. The minimum Gasteiger partial charge on any atom is -0.394 e. The molecule has 0 aromatic carbocycles. The van der Waals surface area contributed by atoms with Crippen LogP contribution < -0.4 is 0 Å². The van der Waals surface area contributed by atoms with Gasteiger partial charge in [0.05, 0.1) is 13.2 Å². The van der Waals surface area contributed by atoms with Crippen LogP contribution in [0.3, 0.4) is 0 Å². The van der Waals surface area contributed by atoms with Crippen molar-refractivity contribution in [2.45, 2.75) is 128 Å². The molecule has 0 radical (unpaired) electrons. The summed E-state index contributed by atoms with van der Waals surface area (Å²) in [5.74, 6) is 0. The van der Waals surface area contributed by atoms with Crippen molar-refractivity contribution < 1.29 is 24.8 Å². The lowest BCUT2D eigenvalue weighted by atomic mass is 10.1. The molecule has 30 heavy (non-hydrogen) atoms. The molecule has 5 nitrogen and oxygen atoms in total. The van der Waals surface area contributed by atoms with Gasteiger partial charge in [-0.15, -0.1) is 0 Å². The van der Waals surface area contributed by atoms with Crippen LogP contribution in [0, 0.1) is 0 Å². The monoisotopic (exact) mass is 428 g/mol. The SMILES string of the molecule is CCCCC/C=C/CCCCCCCCCCCCO[C@@H]1[C@H]([C@@H](O)CO)OC[C@H]1O. The van der Waals surface area contributed by atoms with Crippen LogP contribution in [-0.2, 0) is 9.47 Å². The van der Waals surface area contributed by atoms with Gasteiger partial charge in [-0.05, 0) is 32.1 Å². The Labute approximate surface area is 184 Å². The molecule has 178 valence electrons. The predicted molar refractivity (Wildman–Crippen MR) is 123 cm³/mol. The molecule has 0 saturated carbocycles. The summed E-state index contributed by atoms with van der Waals surface area (Å²) in [5.41, 5.74) is 0. The normalized spacial score (nSPS) is 22.9. The van der Waals surface area contributed by atoms with Crippen LogP contribution >= 0.6 is 0 Å². The highest BCUT2D eigenvalue weighted by molar-refractivity contribution is 4.89. The van der Waals surface area contributed by atoms with E-state index in [1.165, 1.54) is 83.5 Å². The number of unbranched alkanes of at least 4 members (excludes halogenated alkanes) is 13. The second-order valence-corrected chi connectivity index (χ2v) is 8.74. The van der Waals surface area contributed by atoms with Crippen LogP contribution in [0.25, 0.3) is 0 Å². The Morgan fingerprint density at radius 1 is 0.867 bits per heavy atom. The Hall–Kier alpha value is -0.460. The fourth-order valence-electron chi connectivity index (χ4n) is 4.00. The molecule has 1 aliphatic rings. The van der Waals surface area contributed by atoms with Crippen molar-refractivity contribution in [3.63, 3.8) is 0 Å². The van der Waals surface area contributed by atoms with E-state index >= 15 is 0 Å². The zero-order valence-corrected chi connectivity index (χ0v) is 19.4. The van der Waals surface area contributed by atoms with Gasteiger partial charge in [0.25, 0.3) is 0 Å². The lowest BCUT2D eigenvalue weighted by molar-refractivity contribution is -0.0938. The average molecular weight is 429 g/mol. The summed E-state index contributed by atoms with van der Waals surface area (Å²) in [5, 5.41) is 28.7. The number of rotatable bonds is 20.